The number of amides is 2. The topological polar surface area (TPSA) is 82.9 Å². The molecule has 1 spiro atoms. The number of rotatable bonds is 1. The van der Waals surface area contributed by atoms with Crippen molar-refractivity contribution in [3.05, 3.63) is 23.8 Å². The van der Waals surface area contributed by atoms with E-state index in [1.54, 1.807) is 24.9 Å². The highest BCUT2D eigenvalue weighted by molar-refractivity contribution is 8.04. The molecule has 134 valence electrons. The Morgan fingerprint density at radius 2 is 1.96 bits per heavy atom. The van der Waals surface area contributed by atoms with Crippen LogP contribution in [-0.2, 0) is 9.59 Å². The third-order valence-corrected chi connectivity index (χ3v) is 7.79. The summed E-state index contributed by atoms with van der Waals surface area (Å²) in [5.74, 6) is 1.02. The second kappa shape index (κ2) is 4.46. The number of hydrogen-bond acceptors (Lipinski definition) is 6. The zero-order valence-corrected chi connectivity index (χ0v) is 15.4. The number of thioether (sulfide) groups is 1. The summed E-state index contributed by atoms with van der Waals surface area (Å²) in [6.45, 7) is 3.76. The molecule has 0 unspecified atom stereocenters. The van der Waals surface area contributed by atoms with Crippen molar-refractivity contribution in [3.8, 4) is 17.6 Å². The van der Waals surface area contributed by atoms with Crippen LogP contribution in [0.4, 0.5) is 0 Å². The van der Waals surface area contributed by atoms with Crippen LogP contribution in [0.15, 0.2) is 18.2 Å². The van der Waals surface area contributed by atoms with Gasteiger partial charge in [0.15, 0.2) is 21.2 Å². The highest BCUT2D eigenvalue weighted by Crippen LogP contribution is 2.69. The van der Waals surface area contributed by atoms with Crippen LogP contribution in [0.3, 0.4) is 0 Å². The summed E-state index contributed by atoms with van der Waals surface area (Å²) in [4.78, 5) is 27.6. The Hall–Kier alpha value is -2.40. The van der Waals surface area contributed by atoms with Gasteiger partial charge in [-0.3, -0.25) is 9.59 Å². The second-order valence-corrected chi connectivity index (χ2v) is 9.30. The number of carbonyl (C=O) groups excluding carboxylic acids is 2. The van der Waals surface area contributed by atoms with E-state index >= 15 is 0 Å². The van der Waals surface area contributed by atoms with Crippen LogP contribution in [-0.4, -0.2) is 45.2 Å². The minimum Gasteiger partial charge on any atom is -0.454 e. The highest BCUT2D eigenvalue weighted by atomic mass is 32.2. The molecule has 0 saturated carbocycles. The molecule has 4 atom stereocenters. The molecule has 0 aliphatic carbocycles. The first kappa shape index (κ1) is 15.8. The van der Waals surface area contributed by atoms with Crippen LogP contribution >= 0.6 is 11.8 Å². The molecule has 3 fully saturated rings. The first-order valence-electron chi connectivity index (χ1n) is 8.40. The van der Waals surface area contributed by atoms with Gasteiger partial charge in [-0.05, 0) is 31.5 Å². The van der Waals surface area contributed by atoms with Crippen molar-refractivity contribution in [2.45, 2.75) is 36.1 Å². The summed E-state index contributed by atoms with van der Waals surface area (Å²) in [5, 5.41) is 9.95. The normalized spacial score (nSPS) is 39.5. The first-order valence-corrected chi connectivity index (χ1v) is 9.21. The van der Waals surface area contributed by atoms with Gasteiger partial charge < -0.3 is 19.3 Å². The molecule has 8 heteroatoms. The predicted molar refractivity (Wildman–Crippen MR) is 92.0 cm³/mol. The molecule has 3 saturated heterocycles. The minimum atomic E-state index is -1.01. The Morgan fingerprint density at radius 3 is 2.69 bits per heavy atom. The number of hydrogen-bond donors (Lipinski definition) is 0. The Morgan fingerprint density at radius 1 is 1.23 bits per heavy atom. The van der Waals surface area contributed by atoms with E-state index in [4.69, 9.17) is 9.47 Å². The van der Waals surface area contributed by atoms with E-state index in [0.29, 0.717) is 17.9 Å². The molecule has 2 amide bonds. The lowest BCUT2D eigenvalue weighted by Gasteiger charge is -2.40. The molecular weight excluding hydrogens is 354 g/mol. The van der Waals surface area contributed by atoms with Crippen molar-refractivity contribution >= 4 is 23.6 Å². The lowest BCUT2D eigenvalue weighted by Crippen LogP contribution is -2.60. The van der Waals surface area contributed by atoms with Gasteiger partial charge in [-0.15, -0.1) is 0 Å². The van der Waals surface area contributed by atoms with E-state index in [-0.39, 0.29) is 18.6 Å². The molecule has 0 radical (unpaired) electrons. The molecule has 4 aliphatic heterocycles. The summed E-state index contributed by atoms with van der Waals surface area (Å²) in [6, 6.07) is 7.34. The second-order valence-electron chi connectivity index (χ2n) is 7.63. The van der Waals surface area contributed by atoms with Crippen molar-refractivity contribution in [3.63, 3.8) is 0 Å². The summed E-state index contributed by atoms with van der Waals surface area (Å²) < 4.78 is 10.8. The quantitative estimate of drug-likeness (QED) is 0.749. The molecule has 4 aliphatic rings. The fraction of sp³-hybridized carbons (Fsp3) is 0.500. The average Bonchev–Trinajstić information content (AvgIpc) is 3.28. The molecule has 7 nitrogen and oxygen atoms in total. The van der Waals surface area contributed by atoms with Crippen LogP contribution in [0.1, 0.15) is 31.9 Å². The number of nitriles is 1. The first-order chi connectivity index (χ1) is 12.3. The van der Waals surface area contributed by atoms with E-state index in [1.165, 1.54) is 16.7 Å². The van der Waals surface area contributed by atoms with Crippen LogP contribution in [0.25, 0.3) is 0 Å². The van der Waals surface area contributed by atoms with Gasteiger partial charge >= 0.3 is 0 Å². The standard InChI is InChI=1S/C18H17N3O4S/c1-16(8-19)7-18-15(23)20(3)17(2,26-18)14(22)21(18)13(16)10-4-5-11-12(6-10)25-9-24-11/h4-6,13H,7,9H2,1-3H3/t13-,16+,17-,18-/m1/s1. The Balaban J connectivity index is 1.69. The highest BCUT2D eigenvalue weighted by Gasteiger charge is 2.78. The van der Waals surface area contributed by atoms with Gasteiger partial charge in [-0.25, -0.2) is 0 Å². The van der Waals surface area contributed by atoms with Crippen molar-refractivity contribution in [2.24, 2.45) is 5.41 Å². The molecule has 26 heavy (non-hydrogen) atoms. The maximum Gasteiger partial charge on any atom is 0.261 e. The van der Waals surface area contributed by atoms with E-state index in [9.17, 15) is 14.9 Å². The van der Waals surface area contributed by atoms with Gasteiger partial charge in [0.2, 0.25) is 6.79 Å². The van der Waals surface area contributed by atoms with Crippen LogP contribution in [0, 0.1) is 16.7 Å². The monoisotopic (exact) mass is 371 g/mol. The zero-order chi connectivity index (χ0) is 18.5. The van der Waals surface area contributed by atoms with Crippen molar-refractivity contribution in [2.75, 3.05) is 13.8 Å². The Bertz CT molecular complexity index is 930. The number of likely N-dealkylation sites (N-methyl/N-ethyl adjacent to an activating group) is 1. The fourth-order valence-corrected chi connectivity index (χ4v) is 6.67. The number of benzene rings is 1. The third kappa shape index (κ3) is 1.52. The van der Waals surface area contributed by atoms with E-state index in [0.717, 1.165) is 5.56 Å². The predicted octanol–water partition coefficient (Wildman–Crippen LogP) is 1.85. The maximum atomic E-state index is 13.3. The molecular formula is C18H17N3O4S. The summed E-state index contributed by atoms with van der Waals surface area (Å²) in [6.07, 6.45) is 0.310. The van der Waals surface area contributed by atoms with Gasteiger partial charge in [0.05, 0.1) is 17.5 Å². The Kier molecular flexibility index (Phi) is 2.72. The van der Waals surface area contributed by atoms with Gasteiger partial charge in [-0.1, -0.05) is 17.8 Å². The largest absolute Gasteiger partial charge is 0.454 e. The number of nitrogens with zero attached hydrogens (tertiary/aromatic N) is 3. The maximum absolute atomic E-state index is 13.3. The van der Waals surface area contributed by atoms with E-state index in [1.807, 2.05) is 19.1 Å². The molecule has 1 aromatic carbocycles. The number of fused-ring (bicyclic) bond motifs is 2. The minimum absolute atomic E-state index is 0.102. The summed E-state index contributed by atoms with van der Waals surface area (Å²) >= 11 is 1.36. The number of carbonyl (C=O) groups is 2. The average molecular weight is 371 g/mol. The lowest BCUT2D eigenvalue weighted by atomic mass is 9.79. The van der Waals surface area contributed by atoms with Crippen LogP contribution in [0.2, 0.25) is 0 Å². The lowest BCUT2D eigenvalue weighted by molar-refractivity contribution is -0.159. The van der Waals surface area contributed by atoms with Crippen LogP contribution in [0.5, 0.6) is 11.5 Å². The molecule has 0 aromatic heterocycles. The van der Waals surface area contributed by atoms with Gasteiger partial charge in [0.1, 0.15) is 0 Å². The third-order valence-electron chi connectivity index (χ3n) is 6.09. The molecule has 4 heterocycles. The number of piperazine rings is 1. The Labute approximate surface area is 154 Å². The number of ether oxygens (including phenoxy) is 2. The smallest absolute Gasteiger partial charge is 0.261 e. The van der Waals surface area contributed by atoms with Gasteiger partial charge in [-0.2, -0.15) is 5.26 Å². The van der Waals surface area contributed by atoms with E-state index < -0.39 is 21.2 Å². The summed E-state index contributed by atoms with van der Waals surface area (Å²) in [5.41, 5.74) is -0.0887. The molecule has 5 rings (SSSR count). The fourth-order valence-electron chi connectivity index (χ4n) is 4.73. The molecule has 2 bridgehead atoms. The molecule has 1 aromatic rings. The van der Waals surface area contributed by atoms with Gasteiger partial charge in [0, 0.05) is 13.5 Å². The van der Waals surface area contributed by atoms with Crippen molar-refractivity contribution in [1.29, 1.82) is 5.26 Å². The van der Waals surface area contributed by atoms with Crippen molar-refractivity contribution in [1.82, 2.24) is 9.80 Å². The summed E-state index contributed by atoms with van der Waals surface area (Å²) in [7, 11) is 1.66. The SMILES string of the molecule is CN1C(=O)[C@]23C[C@@](C)(C#N)[C@@H](c4ccc5c(c4)OCO5)N2C(=O)[C@@]1(C)S3. The van der Waals surface area contributed by atoms with Crippen molar-refractivity contribution < 1.29 is 19.1 Å². The van der Waals surface area contributed by atoms with E-state index in [2.05, 4.69) is 6.07 Å². The van der Waals surface area contributed by atoms with Gasteiger partial charge in [0.25, 0.3) is 11.8 Å². The molecule has 0 N–H and O–H groups in total. The van der Waals surface area contributed by atoms with Crippen LogP contribution < -0.4 is 9.47 Å². The zero-order valence-electron chi connectivity index (χ0n) is 14.6.